The molecule has 5 heteroatoms. The minimum Gasteiger partial charge on any atom is -0.489 e. The quantitative estimate of drug-likeness (QED) is 0.825. The van der Waals surface area contributed by atoms with Crippen molar-refractivity contribution < 1.29 is 22.1 Å². The number of carbonyl (C=O) groups excluding carboxylic acids is 1. The third kappa shape index (κ3) is 4.86. The smallest absolute Gasteiger partial charge is 0.234 e. The van der Waals surface area contributed by atoms with Crippen molar-refractivity contribution in [1.29, 1.82) is 0 Å². The molecule has 3 N–H and O–H groups in total. The molecule has 0 saturated carbocycles. The van der Waals surface area contributed by atoms with Gasteiger partial charge in [-0.25, -0.2) is 4.39 Å². The lowest BCUT2D eigenvalue weighted by Gasteiger charge is -2.11. The zero-order chi connectivity index (χ0) is 21.2. The minimum atomic E-state index is -2.96. The molecule has 0 unspecified atom stereocenters. The molecule has 1 atom stereocenters. The second-order valence-electron chi connectivity index (χ2n) is 4.45. The number of rotatable bonds is 7. The average Bonchev–Trinajstić information content (AvgIpc) is 2.59. The zero-order valence-corrected chi connectivity index (χ0v) is 11.6. The Morgan fingerprint density at radius 1 is 1.41 bits per heavy atom. The van der Waals surface area contributed by atoms with Gasteiger partial charge in [0, 0.05) is 10.7 Å². The SMILES string of the molecule is [2H]C([2H])(Oc1ccc(CN[C@]([2H])(C(N)=O)C([2H])([2H])[2H])cc1)c1cccc(F)c1. The Morgan fingerprint density at radius 3 is 2.82 bits per heavy atom. The van der Waals surface area contributed by atoms with E-state index < -0.39 is 31.2 Å². The van der Waals surface area contributed by atoms with Crippen molar-refractivity contribution in [3.63, 3.8) is 0 Å². The normalized spacial score (nSPS) is 18.6. The molecule has 2 aromatic carbocycles. The minimum absolute atomic E-state index is 0.0105. The topological polar surface area (TPSA) is 64.3 Å². The van der Waals surface area contributed by atoms with Gasteiger partial charge in [-0.2, -0.15) is 0 Å². The van der Waals surface area contributed by atoms with Crippen molar-refractivity contribution >= 4 is 5.91 Å². The number of ether oxygens (including phenoxy) is 1. The standard InChI is InChI=1S/C17H19FN2O2/c1-12(17(19)21)20-10-13-5-7-16(8-6-13)22-11-14-3-2-4-15(18)9-14/h2-9,12,20H,10-11H2,1H3,(H2,19,21)/t12-/m0/s1/i1D3,11D2,12D. The van der Waals surface area contributed by atoms with Crippen molar-refractivity contribution in [1.82, 2.24) is 5.32 Å². The number of carbonyl (C=O) groups is 1. The Labute approximate surface area is 137 Å². The van der Waals surface area contributed by atoms with Gasteiger partial charge in [0.05, 0.1) is 10.1 Å². The summed E-state index contributed by atoms with van der Waals surface area (Å²) in [6.07, 6.45) is 0. The average molecular weight is 308 g/mol. The highest BCUT2D eigenvalue weighted by Gasteiger charge is 2.07. The van der Waals surface area contributed by atoms with Crippen LogP contribution < -0.4 is 15.8 Å². The molecular weight excluding hydrogens is 283 g/mol. The molecule has 0 aliphatic carbocycles. The van der Waals surface area contributed by atoms with Gasteiger partial charge in [0.25, 0.3) is 0 Å². The zero-order valence-electron chi connectivity index (χ0n) is 17.6. The first-order chi connectivity index (χ1) is 12.8. The maximum Gasteiger partial charge on any atom is 0.234 e. The van der Waals surface area contributed by atoms with Gasteiger partial charge in [-0.1, -0.05) is 24.3 Å². The van der Waals surface area contributed by atoms with Crippen LogP contribution in [0.2, 0.25) is 0 Å². The molecule has 0 aliphatic heterocycles. The van der Waals surface area contributed by atoms with Crippen LogP contribution in [0.1, 0.15) is 26.2 Å². The predicted octanol–water partition coefficient (Wildman–Crippen LogP) is 2.37. The molecular formula is C17H19FN2O2. The van der Waals surface area contributed by atoms with Gasteiger partial charge in [0.15, 0.2) is 0 Å². The number of primary amides is 1. The largest absolute Gasteiger partial charge is 0.489 e. The molecule has 4 nitrogen and oxygen atoms in total. The summed E-state index contributed by atoms with van der Waals surface area (Å²) in [7, 11) is 0. The molecule has 0 spiro atoms. The second kappa shape index (κ2) is 7.56. The van der Waals surface area contributed by atoms with Crippen LogP contribution in [-0.4, -0.2) is 11.9 Å². The number of benzene rings is 2. The van der Waals surface area contributed by atoms with Gasteiger partial charge in [0.2, 0.25) is 5.91 Å². The first-order valence-corrected chi connectivity index (χ1v) is 6.44. The Morgan fingerprint density at radius 2 is 2.18 bits per heavy atom. The van der Waals surface area contributed by atoms with Gasteiger partial charge in [0.1, 0.15) is 18.1 Å². The van der Waals surface area contributed by atoms with Crippen LogP contribution in [0.15, 0.2) is 48.5 Å². The number of nitrogens with one attached hydrogen (secondary N) is 1. The van der Waals surface area contributed by atoms with E-state index in [9.17, 15) is 9.18 Å². The Kier molecular flexibility index (Phi) is 3.29. The van der Waals surface area contributed by atoms with E-state index in [0.717, 1.165) is 6.07 Å². The second-order valence-corrected chi connectivity index (χ2v) is 4.45. The molecule has 0 bridgehead atoms. The summed E-state index contributed by atoms with van der Waals surface area (Å²) in [6, 6.07) is 8.22. The number of amides is 1. The van der Waals surface area contributed by atoms with E-state index in [2.05, 4.69) is 5.32 Å². The van der Waals surface area contributed by atoms with Crippen LogP contribution in [0, 0.1) is 5.82 Å². The van der Waals surface area contributed by atoms with E-state index >= 15 is 0 Å². The third-order valence-corrected chi connectivity index (χ3v) is 2.75. The van der Waals surface area contributed by atoms with Gasteiger partial charge in [-0.05, 0) is 42.2 Å². The molecule has 22 heavy (non-hydrogen) atoms. The molecule has 2 rings (SSSR count). The number of halogens is 1. The molecule has 116 valence electrons. The Bertz CT molecular complexity index is 844. The fourth-order valence-corrected chi connectivity index (χ4v) is 1.62. The molecule has 0 radical (unpaired) electrons. The molecule has 0 fully saturated rings. The maximum absolute atomic E-state index is 13.3. The lowest BCUT2D eigenvalue weighted by Crippen LogP contribution is -2.38. The number of hydrogen-bond acceptors (Lipinski definition) is 3. The fourth-order valence-electron chi connectivity index (χ4n) is 1.62. The highest BCUT2D eigenvalue weighted by atomic mass is 19.1. The summed E-state index contributed by atoms with van der Waals surface area (Å²) in [6.45, 7) is -5.36. The monoisotopic (exact) mass is 308 g/mol. The van der Waals surface area contributed by atoms with Crippen LogP contribution in [0.5, 0.6) is 5.75 Å². The number of nitrogens with two attached hydrogens (primary N) is 1. The fraction of sp³-hybridized carbons (Fsp3) is 0.235. The summed E-state index contributed by atoms with van der Waals surface area (Å²) in [5.41, 5.74) is 5.57. The van der Waals surface area contributed by atoms with Crippen LogP contribution in [0.3, 0.4) is 0 Å². The van der Waals surface area contributed by atoms with E-state index in [4.69, 9.17) is 18.7 Å². The number of hydrogen-bond donors (Lipinski definition) is 2. The summed E-state index contributed by atoms with van der Waals surface area (Å²) >= 11 is 0. The van der Waals surface area contributed by atoms with E-state index in [1.807, 2.05) is 0 Å². The Balaban J connectivity index is 2.08. The first-order valence-electron chi connectivity index (χ1n) is 9.44. The van der Waals surface area contributed by atoms with Crippen LogP contribution >= 0.6 is 0 Å². The lowest BCUT2D eigenvalue weighted by atomic mass is 10.2. The lowest BCUT2D eigenvalue weighted by molar-refractivity contribution is -0.119. The highest BCUT2D eigenvalue weighted by Crippen LogP contribution is 2.14. The van der Waals surface area contributed by atoms with Crippen LogP contribution in [-0.2, 0) is 17.9 Å². The van der Waals surface area contributed by atoms with Crippen LogP contribution in [0.25, 0.3) is 0 Å². The molecule has 2 aromatic rings. The van der Waals surface area contributed by atoms with Crippen molar-refractivity contribution in [3.8, 4) is 5.75 Å². The molecule has 0 saturated heterocycles. The summed E-state index contributed by atoms with van der Waals surface area (Å²) < 4.78 is 64.2. The van der Waals surface area contributed by atoms with Gasteiger partial charge in [-0.15, -0.1) is 0 Å². The molecule has 0 heterocycles. The first kappa shape index (κ1) is 9.58. The maximum atomic E-state index is 13.3. The summed E-state index contributed by atoms with van der Waals surface area (Å²) in [5.74, 6) is -1.76. The van der Waals surface area contributed by atoms with Gasteiger partial charge < -0.3 is 15.8 Å². The van der Waals surface area contributed by atoms with E-state index in [1.54, 1.807) is 0 Å². The third-order valence-electron chi connectivity index (χ3n) is 2.75. The van der Waals surface area contributed by atoms with Gasteiger partial charge in [-0.3, -0.25) is 4.79 Å². The highest BCUT2D eigenvalue weighted by molar-refractivity contribution is 5.79. The molecule has 1 amide bonds. The summed E-state index contributed by atoms with van der Waals surface area (Å²) in [4.78, 5) is 11.4. The molecule has 0 aliphatic rings. The van der Waals surface area contributed by atoms with E-state index in [0.29, 0.717) is 5.56 Å². The van der Waals surface area contributed by atoms with Crippen molar-refractivity contribution in [2.75, 3.05) is 0 Å². The van der Waals surface area contributed by atoms with Crippen LogP contribution in [0.4, 0.5) is 4.39 Å². The van der Waals surface area contributed by atoms with Crippen molar-refractivity contribution in [2.24, 2.45) is 5.73 Å². The Hall–Kier alpha value is -2.40. The van der Waals surface area contributed by atoms with Crippen molar-refractivity contribution in [2.45, 2.75) is 26.0 Å². The van der Waals surface area contributed by atoms with Crippen molar-refractivity contribution in [3.05, 3.63) is 65.5 Å². The summed E-state index contributed by atoms with van der Waals surface area (Å²) in [5, 5.41) is 2.32. The predicted molar refractivity (Wildman–Crippen MR) is 82.7 cm³/mol. The van der Waals surface area contributed by atoms with E-state index in [1.165, 1.54) is 42.5 Å². The van der Waals surface area contributed by atoms with Gasteiger partial charge >= 0.3 is 0 Å². The van der Waals surface area contributed by atoms with E-state index in [-0.39, 0.29) is 17.9 Å². The molecule has 0 aromatic heterocycles.